The van der Waals surface area contributed by atoms with Crippen molar-refractivity contribution < 1.29 is 43.2 Å². The highest BCUT2D eigenvalue weighted by Gasteiger charge is 2.20. The maximum absolute atomic E-state index is 9.75. The van der Waals surface area contributed by atoms with E-state index in [2.05, 4.69) is 64.8 Å². The Kier molecular flexibility index (Phi) is 11.2. The molecule has 2 aromatic rings. The van der Waals surface area contributed by atoms with Gasteiger partial charge in [-0.25, -0.2) is 0 Å². The monoisotopic (exact) mass is 466 g/mol. The smallest absolute Gasteiger partial charge is 0.418 e. The fourth-order valence-electron chi connectivity index (χ4n) is 1.74. The van der Waals surface area contributed by atoms with Gasteiger partial charge < -0.3 is 22.0 Å². The summed E-state index contributed by atoms with van der Waals surface area (Å²) in [6.07, 6.45) is 4.51. The van der Waals surface area contributed by atoms with Crippen LogP contribution in [0.2, 0.25) is 0 Å². The summed E-state index contributed by atoms with van der Waals surface area (Å²) in [5.41, 5.74) is 1.25. The van der Waals surface area contributed by atoms with E-state index in [9.17, 15) is 17.3 Å². The summed E-state index contributed by atoms with van der Waals surface area (Å²) in [6.45, 7) is 1.56. The van der Waals surface area contributed by atoms with E-state index in [1.54, 1.807) is 0 Å². The average molecular weight is 466 g/mol. The molecule has 2 rings (SSSR count). The van der Waals surface area contributed by atoms with Crippen molar-refractivity contribution in [3.05, 3.63) is 80.0 Å². The molecule has 0 fully saturated rings. The van der Waals surface area contributed by atoms with E-state index >= 15 is 0 Å². The van der Waals surface area contributed by atoms with E-state index < -0.39 is 7.25 Å². The SMILES string of the molecule is C(=C/[I+]c1ccccc1)/CCCOCc1ccccc1.F[B-](F)(F)F. The Hall–Kier alpha value is -1.35. The van der Waals surface area contributed by atoms with E-state index in [1.165, 1.54) is 9.13 Å². The Balaban J connectivity index is 0.000000550. The zero-order valence-electron chi connectivity index (χ0n) is 13.6. The summed E-state index contributed by atoms with van der Waals surface area (Å²) < 4.78 is 48.5. The molecule has 25 heavy (non-hydrogen) atoms. The minimum Gasteiger partial charge on any atom is -0.418 e. The minimum atomic E-state index is -6.00. The molecule has 0 aliphatic heterocycles. The number of halogens is 5. The van der Waals surface area contributed by atoms with Crippen molar-refractivity contribution in [1.29, 1.82) is 0 Å². The third-order valence-electron chi connectivity index (χ3n) is 2.78. The highest BCUT2D eigenvalue weighted by molar-refractivity contribution is 6.50. The Morgan fingerprint density at radius 2 is 1.44 bits per heavy atom. The molecule has 0 spiro atoms. The number of allylic oxidation sites excluding steroid dienone is 1. The second kappa shape index (κ2) is 12.9. The maximum Gasteiger partial charge on any atom is 0.673 e. The first-order valence-corrected chi connectivity index (χ1v) is 10.1. The molecular weight excluding hydrogens is 446 g/mol. The van der Waals surface area contributed by atoms with Crippen LogP contribution < -0.4 is 21.2 Å². The fourth-order valence-corrected chi connectivity index (χ4v) is 3.59. The number of hydrogen-bond acceptors (Lipinski definition) is 1. The van der Waals surface area contributed by atoms with E-state index in [4.69, 9.17) is 4.74 Å². The predicted octanol–water partition coefficient (Wildman–Crippen LogP) is 2.76. The van der Waals surface area contributed by atoms with Crippen molar-refractivity contribution in [3.63, 3.8) is 0 Å². The summed E-state index contributed by atoms with van der Waals surface area (Å²) >= 11 is 0.0426. The molecule has 0 saturated heterocycles. The van der Waals surface area contributed by atoms with Gasteiger partial charge in [0.25, 0.3) is 0 Å². The average Bonchev–Trinajstić information content (AvgIpc) is 2.58. The fraction of sp³-hybridized carbons (Fsp3) is 0.222. The molecular formula is C18H20BF4IO. The quantitative estimate of drug-likeness (QED) is 0.252. The largest absolute Gasteiger partial charge is 0.673 e. The molecule has 0 saturated carbocycles. The lowest BCUT2D eigenvalue weighted by atomic mass is 10.2. The van der Waals surface area contributed by atoms with Gasteiger partial charge in [0, 0.05) is 6.61 Å². The number of unbranched alkanes of at least 4 members (excludes halogenated alkanes) is 1. The summed E-state index contributed by atoms with van der Waals surface area (Å²) in [5, 5.41) is 0. The van der Waals surface area contributed by atoms with Crippen LogP contribution in [0.25, 0.3) is 0 Å². The van der Waals surface area contributed by atoms with Gasteiger partial charge in [-0.3, -0.25) is 0 Å². The highest BCUT2D eigenvalue weighted by atomic mass is 127. The molecule has 0 unspecified atom stereocenters. The van der Waals surface area contributed by atoms with Gasteiger partial charge in [0.15, 0.2) is 7.65 Å². The van der Waals surface area contributed by atoms with Crippen molar-refractivity contribution in [1.82, 2.24) is 0 Å². The molecule has 0 N–H and O–H groups in total. The Labute approximate surface area is 156 Å². The van der Waals surface area contributed by atoms with Gasteiger partial charge in [-0.2, -0.15) is 0 Å². The normalized spacial score (nSPS) is 11.2. The van der Waals surface area contributed by atoms with Gasteiger partial charge in [-0.05, 0) is 36.6 Å². The first-order chi connectivity index (χ1) is 11.9. The van der Waals surface area contributed by atoms with Crippen LogP contribution in [-0.2, 0) is 11.3 Å². The molecule has 0 radical (unpaired) electrons. The van der Waals surface area contributed by atoms with Crippen LogP contribution in [0.4, 0.5) is 17.3 Å². The van der Waals surface area contributed by atoms with Crippen LogP contribution in [0.15, 0.2) is 70.8 Å². The Morgan fingerprint density at radius 1 is 0.880 bits per heavy atom. The topological polar surface area (TPSA) is 9.23 Å². The van der Waals surface area contributed by atoms with Crippen LogP contribution in [-0.4, -0.2) is 13.9 Å². The second-order valence-corrected chi connectivity index (χ2v) is 7.53. The van der Waals surface area contributed by atoms with Crippen molar-refractivity contribution in [3.8, 4) is 0 Å². The lowest BCUT2D eigenvalue weighted by Gasteiger charge is -2.02. The summed E-state index contributed by atoms with van der Waals surface area (Å²) in [7, 11) is -6.00. The maximum atomic E-state index is 9.75. The van der Waals surface area contributed by atoms with Crippen molar-refractivity contribution in [2.45, 2.75) is 19.4 Å². The number of benzene rings is 2. The molecule has 0 aromatic heterocycles. The van der Waals surface area contributed by atoms with Gasteiger partial charge in [0.05, 0.1) is 6.61 Å². The number of ether oxygens (including phenoxy) is 1. The van der Waals surface area contributed by atoms with Crippen LogP contribution in [0.3, 0.4) is 0 Å². The van der Waals surface area contributed by atoms with Crippen molar-refractivity contribution in [2.75, 3.05) is 6.61 Å². The van der Waals surface area contributed by atoms with E-state index in [0.29, 0.717) is 0 Å². The zero-order chi connectivity index (χ0) is 18.4. The van der Waals surface area contributed by atoms with Crippen LogP contribution >= 0.6 is 0 Å². The molecule has 0 bridgehead atoms. The molecule has 0 heterocycles. The molecule has 0 amide bonds. The number of hydrogen-bond donors (Lipinski definition) is 0. The highest BCUT2D eigenvalue weighted by Crippen LogP contribution is 2.06. The lowest BCUT2D eigenvalue weighted by molar-refractivity contribution is -0.557. The molecule has 136 valence electrons. The first kappa shape index (κ1) is 21.7. The van der Waals surface area contributed by atoms with E-state index in [1.807, 2.05) is 6.07 Å². The second-order valence-electron chi connectivity index (χ2n) is 4.94. The number of rotatable bonds is 8. The Morgan fingerprint density at radius 3 is 2.04 bits per heavy atom. The van der Waals surface area contributed by atoms with Crippen molar-refractivity contribution in [2.24, 2.45) is 0 Å². The standard InChI is InChI=1S/C18H20IO.BF4/c1-4-10-17(11-5-1)16-20-15-9-3-8-14-19-18-12-6-2-7-13-18;2-1(3,4)5/h1-2,4-8,10-14H,3,9,15-16H2;/q+1;-1/b14-8-;. The predicted molar refractivity (Wildman–Crippen MR) is 89.8 cm³/mol. The third-order valence-corrected chi connectivity index (χ3v) is 5.09. The molecule has 0 aliphatic rings. The van der Waals surface area contributed by atoms with Gasteiger partial charge in [-0.15, -0.1) is 0 Å². The summed E-state index contributed by atoms with van der Waals surface area (Å²) in [4.78, 5) is 0. The minimum absolute atomic E-state index is 0.0426. The van der Waals surface area contributed by atoms with Crippen molar-refractivity contribution >= 4 is 7.25 Å². The van der Waals surface area contributed by atoms with Gasteiger partial charge >= 0.3 is 28.5 Å². The summed E-state index contributed by atoms with van der Waals surface area (Å²) in [5.74, 6) is 0. The zero-order valence-corrected chi connectivity index (χ0v) is 15.8. The lowest BCUT2D eigenvalue weighted by Crippen LogP contribution is -3.59. The molecule has 7 heteroatoms. The van der Waals surface area contributed by atoms with E-state index in [-0.39, 0.29) is 21.2 Å². The van der Waals surface area contributed by atoms with Gasteiger partial charge in [0.2, 0.25) is 0 Å². The Bertz CT molecular complexity index is 585. The van der Waals surface area contributed by atoms with Gasteiger partial charge in [-0.1, -0.05) is 48.5 Å². The summed E-state index contributed by atoms with van der Waals surface area (Å²) in [6, 6.07) is 21.0. The third kappa shape index (κ3) is 14.7. The van der Waals surface area contributed by atoms with Crippen LogP contribution in [0.1, 0.15) is 18.4 Å². The van der Waals surface area contributed by atoms with Crippen LogP contribution in [0.5, 0.6) is 0 Å². The van der Waals surface area contributed by atoms with E-state index in [0.717, 1.165) is 26.1 Å². The molecule has 0 aliphatic carbocycles. The molecule has 0 atom stereocenters. The van der Waals surface area contributed by atoms with Crippen LogP contribution in [0, 0.1) is 3.57 Å². The molecule has 1 nitrogen and oxygen atoms in total. The van der Waals surface area contributed by atoms with Gasteiger partial charge in [0.1, 0.15) is 0 Å². The molecule has 2 aromatic carbocycles. The first-order valence-electron chi connectivity index (χ1n) is 7.77.